The highest BCUT2D eigenvalue weighted by Gasteiger charge is 2.20. The number of benzene rings is 1. The van der Waals surface area contributed by atoms with E-state index in [2.05, 4.69) is 64.6 Å². The fourth-order valence-corrected chi connectivity index (χ4v) is 4.48. The van der Waals surface area contributed by atoms with Gasteiger partial charge in [0.05, 0.1) is 0 Å². The molecule has 1 atom stereocenters. The average molecular weight is 400 g/mol. The summed E-state index contributed by atoms with van der Waals surface area (Å²) in [6.07, 6.45) is 6.50. The lowest BCUT2D eigenvalue weighted by Crippen LogP contribution is -2.48. The minimum atomic E-state index is 0.525. The fourth-order valence-electron chi connectivity index (χ4n) is 4.48. The number of nitrogens with zero attached hydrogens (tertiary/aromatic N) is 3. The third-order valence-corrected chi connectivity index (χ3v) is 6.10. The number of rotatable bonds is 8. The van der Waals surface area contributed by atoms with E-state index in [4.69, 9.17) is 4.99 Å². The molecule has 2 aliphatic rings. The molecule has 5 heteroatoms. The highest BCUT2D eigenvalue weighted by molar-refractivity contribution is 5.80. The van der Waals surface area contributed by atoms with Crippen molar-refractivity contribution in [2.45, 2.75) is 58.5 Å². The third kappa shape index (κ3) is 7.98. The van der Waals surface area contributed by atoms with Crippen LogP contribution in [0.15, 0.2) is 35.3 Å². The van der Waals surface area contributed by atoms with Crippen LogP contribution in [0.1, 0.15) is 51.5 Å². The number of hydrogen-bond donors (Lipinski definition) is 2. The van der Waals surface area contributed by atoms with Crippen LogP contribution >= 0.6 is 0 Å². The quantitative estimate of drug-likeness (QED) is 0.520. The van der Waals surface area contributed by atoms with E-state index in [-0.39, 0.29) is 0 Å². The molecule has 3 rings (SSSR count). The zero-order valence-electron chi connectivity index (χ0n) is 18.6. The van der Waals surface area contributed by atoms with Crippen molar-refractivity contribution in [2.75, 3.05) is 45.8 Å². The van der Waals surface area contributed by atoms with Gasteiger partial charge in [0.2, 0.25) is 0 Å². The number of likely N-dealkylation sites (tertiary alicyclic amines) is 2. The molecule has 0 saturated carbocycles. The summed E-state index contributed by atoms with van der Waals surface area (Å²) >= 11 is 0. The predicted octanol–water partition coefficient (Wildman–Crippen LogP) is 3.33. The first-order chi connectivity index (χ1) is 14.2. The number of aliphatic imine (C=N–C) groups is 1. The van der Waals surface area contributed by atoms with E-state index in [0.29, 0.717) is 12.0 Å². The van der Waals surface area contributed by atoms with Crippen LogP contribution < -0.4 is 10.6 Å². The Kier molecular flexibility index (Phi) is 9.29. The summed E-state index contributed by atoms with van der Waals surface area (Å²) < 4.78 is 0. The van der Waals surface area contributed by atoms with Crippen molar-refractivity contribution >= 4 is 5.96 Å². The Morgan fingerprint density at radius 3 is 2.45 bits per heavy atom. The van der Waals surface area contributed by atoms with Gasteiger partial charge in [-0.1, -0.05) is 43.7 Å². The van der Waals surface area contributed by atoms with E-state index in [9.17, 15) is 0 Å². The van der Waals surface area contributed by atoms with Crippen molar-refractivity contribution in [3.63, 3.8) is 0 Å². The van der Waals surface area contributed by atoms with E-state index in [1.165, 1.54) is 57.3 Å². The molecule has 0 bridgehead atoms. The summed E-state index contributed by atoms with van der Waals surface area (Å²) in [4.78, 5) is 10.1. The van der Waals surface area contributed by atoms with Crippen molar-refractivity contribution in [2.24, 2.45) is 10.9 Å². The van der Waals surface area contributed by atoms with Gasteiger partial charge in [-0.3, -0.25) is 9.89 Å². The molecule has 1 unspecified atom stereocenters. The summed E-state index contributed by atoms with van der Waals surface area (Å²) in [5, 5.41) is 7.15. The first kappa shape index (κ1) is 22.1. The van der Waals surface area contributed by atoms with Gasteiger partial charge >= 0.3 is 0 Å². The SMILES string of the molecule is CCNC(=NCC(C)CN1CCCCC1)NC1CCN(Cc2ccccc2)CC1. The number of nitrogens with one attached hydrogen (secondary N) is 2. The molecule has 1 aromatic rings. The van der Waals surface area contributed by atoms with Crippen molar-refractivity contribution in [3.05, 3.63) is 35.9 Å². The van der Waals surface area contributed by atoms with E-state index >= 15 is 0 Å². The molecule has 29 heavy (non-hydrogen) atoms. The van der Waals surface area contributed by atoms with E-state index in [1.54, 1.807) is 0 Å². The molecule has 1 aromatic carbocycles. The van der Waals surface area contributed by atoms with Gasteiger partial charge in [0.15, 0.2) is 5.96 Å². The molecule has 2 heterocycles. The molecule has 2 saturated heterocycles. The maximum atomic E-state index is 4.91. The normalized spacial score (nSPS) is 21.1. The van der Waals surface area contributed by atoms with Crippen LogP contribution in [0.5, 0.6) is 0 Å². The van der Waals surface area contributed by atoms with E-state index < -0.39 is 0 Å². The average Bonchev–Trinajstić information content (AvgIpc) is 2.75. The van der Waals surface area contributed by atoms with Gasteiger partial charge in [0.25, 0.3) is 0 Å². The lowest BCUT2D eigenvalue weighted by Gasteiger charge is -2.33. The Hall–Kier alpha value is -1.59. The molecule has 5 nitrogen and oxygen atoms in total. The zero-order valence-corrected chi connectivity index (χ0v) is 18.6. The van der Waals surface area contributed by atoms with E-state index in [0.717, 1.165) is 38.7 Å². The summed E-state index contributed by atoms with van der Waals surface area (Å²) in [6, 6.07) is 11.3. The Balaban J connectivity index is 1.40. The molecule has 2 N–H and O–H groups in total. The van der Waals surface area contributed by atoms with Crippen LogP contribution in [0.2, 0.25) is 0 Å². The minimum absolute atomic E-state index is 0.525. The van der Waals surface area contributed by atoms with Crippen molar-refractivity contribution in [1.29, 1.82) is 0 Å². The largest absolute Gasteiger partial charge is 0.357 e. The molecule has 2 fully saturated rings. The van der Waals surface area contributed by atoms with Gasteiger partial charge in [-0.2, -0.15) is 0 Å². The summed E-state index contributed by atoms with van der Waals surface area (Å²) in [6.45, 7) is 13.4. The maximum absolute atomic E-state index is 4.91. The second kappa shape index (κ2) is 12.2. The van der Waals surface area contributed by atoms with Crippen LogP contribution in [0.4, 0.5) is 0 Å². The van der Waals surface area contributed by atoms with Crippen LogP contribution in [0.25, 0.3) is 0 Å². The van der Waals surface area contributed by atoms with Crippen LogP contribution in [0, 0.1) is 5.92 Å². The highest BCUT2D eigenvalue weighted by atomic mass is 15.2. The van der Waals surface area contributed by atoms with Gasteiger partial charge in [0.1, 0.15) is 0 Å². The van der Waals surface area contributed by atoms with Crippen LogP contribution in [0.3, 0.4) is 0 Å². The first-order valence-electron chi connectivity index (χ1n) is 11.8. The Labute approximate surface area is 178 Å². The minimum Gasteiger partial charge on any atom is -0.357 e. The zero-order chi connectivity index (χ0) is 20.3. The summed E-state index contributed by atoms with van der Waals surface area (Å²) in [5.41, 5.74) is 1.41. The lowest BCUT2D eigenvalue weighted by atomic mass is 10.0. The third-order valence-electron chi connectivity index (χ3n) is 6.10. The van der Waals surface area contributed by atoms with Crippen molar-refractivity contribution in [3.8, 4) is 0 Å². The molecule has 2 aliphatic heterocycles. The van der Waals surface area contributed by atoms with Gasteiger partial charge in [-0.15, -0.1) is 0 Å². The summed E-state index contributed by atoms with van der Waals surface area (Å²) in [5.74, 6) is 1.61. The maximum Gasteiger partial charge on any atom is 0.191 e. The standard InChI is InChI=1S/C24H41N5/c1-3-25-24(26-18-21(2)19-28-14-8-5-9-15-28)27-23-12-16-29(17-13-23)20-22-10-6-4-7-11-22/h4,6-7,10-11,21,23H,3,5,8-9,12-20H2,1-2H3,(H2,25,26,27). The van der Waals surface area contributed by atoms with Gasteiger partial charge < -0.3 is 15.5 Å². The van der Waals surface area contributed by atoms with Gasteiger partial charge in [-0.25, -0.2) is 0 Å². The molecular formula is C24H41N5. The second-order valence-corrected chi connectivity index (χ2v) is 8.87. The first-order valence-corrected chi connectivity index (χ1v) is 11.8. The fraction of sp³-hybridized carbons (Fsp3) is 0.708. The monoisotopic (exact) mass is 399 g/mol. The van der Waals surface area contributed by atoms with Gasteiger partial charge in [0, 0.05) is 45.3 Å². The number of guanidine groups is 1. The van der Waals surface area contributed by atoms with Gasteiger partial charge in [-0.05, 0) is 57.2 Å². The van der Waals surface area contributed by atoms with Crippen LogP contribution in [-0.2, 0) is 6.54 Å². The molecule has 0 aliphatic carbocycles. The smallest absolute Gasteiger partial charge is 0.191 e. The van der Waals surface area contributed by atoms with Crippen molar-refractivity contribution in [1.82, 2.24) is 20.4 Å². The second-order valence-electron chi connectivity index (χ2n) is 8.87. The Morgan fingerprint density at radius 2 is 1.76 bits per heavy atom. The van der Waals surface area contributed by atoms with Crippen molar-refractivity contribution < 1.29 is 0 Å². The molecule has 0 spiro atoms. The van der Waals surface area contributed by atoms with E-state index in [1.807, 2.05) is 0 Å². The lowest BCUT2D eigenvalue weighted by molar-refractivity contribution is 0.198. The number of piperidine rings is 2. The topological polar surface area (TPSA) is 42.9 Å². The molecule has 0 radical (unpaired) electrons. The van der Waals surface area contributed by atoms with Crippen LogP contribution in [-0.4, -0.2) is 67.6 Å². The molecule has 162 valence electrons. The predicted molar refractivity (Wildman–Crippen MR) is 123 cm³/mol. The molecular weight excluding hydrogens is 358 g/mol. The molecule has 0 amide bonds. The highest BCUT2D eigenvalue weighted by Crippen LogP contribution is 2.14. The Morgan fingerprint density at radius 1 is 1.03 bits per heavy atom. The molecule has 0 aromatic heterocycles. The number of hydrogen-bond acceptors (Lipinski definition) is 3. The summed E-state index contributed by atoms with van der Waals surface area (Å²) in [7, 11) is 0. The Bertz CT molecular complexity index is 589.